The largest absolute Gasteiger partial charge is 0.319 e. The van der Waals surface area contributed by atoms with Crippen molar-refractivity contribution < 1.29 is 8.78 Å². The summed E-state index contributed by atoms with van der Waals surface area (Å²) in [4.78, 5) is 0. The Morgan fingerprint density at radius 2 is 1.85 bits per heavy atom. The molecule has 5 heteroatoms. The molecule has 0 aliphatic carbocycles. The summed E-state index contributed by atoms with van der Waals surface area (Å²) < 4.78 is 24.4. The van der Waals surface area contributed by atoms with Crippen LogP contribution in [0.2, 0.25) is 10.0 Å². The molecule has 0 heterocycles. The molecule has 2 N–H and O–H groups in total. The van der Waals surface area contributed by atoms with Crippen molar-refractivity contribution in [3.8, 4) is 0 Å². The minimum atomic E-state index is -2.64. The van der Waals surface area contributed by atoms with E-state index in [1.54, 1.807) is 0 Å². The van der Waals surface area contributed by atoms with Crippen molar-refractivity contribution in [2.75, 3.05) is 0 Å². The van der Waals surface area contributed by atoms with Crippen LogP contribution in [0, 0.1) is 0 Å². The Balaban J connectivity index is 3.07. The van der Waals surface area contributed by atoms with Crippen molar-refractivity contribution in [3.05, 3.63) is 33.8 Å². The maximum absolute atomic E-state index is 12.2. The van der Waals surface area contributed by atoms with Gasteiger partial charge in [0.15, 0.2) is 0 Å². The van der Waals surface area contributed by atoms with Crippen molar-refractivity contribution in [1.82, 2.24) is 0 Å². The molecule has 1 nitrogen and oxygen atoms in total. The maximum atomic E-state index is 12.2. The first-order valence-electron chi connectivity index (χ1n) is 3.51. The second-order valence-corrected chi connectivity index (χ2v) is 3.29. The quantitative estimate of drug-likeness (QED) is 0.822. The molecule has 0 saturated heterocycles. The van der Waals surface area contributed by atoms with Crippen molar-refractivity contribution in [3.63, 3.8) is 0 Å². The van der Waals surface area contributed by atoms with E-state index in [2.05, 4.69) is 0 Å². The molecule has 0 spiro atoms. The summed E-state index contributed by atoms with van der Waals surface area (Å²) in [6.07, 6.45) is -2.64. The molecule has 72 valence electrons. The van der Waals surface area contributed by atoms with Crippen LogP contribution in [-0.4, -0.2) is 6.43 Å². The maximum Gasteiger partial charge on any atom is 0.257 e. The van der Waals surface area contributed by atoms with Crippen LogP contribution in [0.25, 0.3) is 0 Å². The first-order chi connectivity index (χ1) is 6.04. The number of hydrogen-bond donors (Lipinski definition) is 1. The minimum absolute atomic E-state index is 0.0944. The summed E-state index contributed by atoms with van der Waals surface area (Å²) in [5, 5.41) is 0.326. The fourth-order valence-corrected chi connectivity index (χ4v) is 1.35. The van der Waals surface area contributed by atoms with E-state index in [9.17, 15) is 8.78 Å². The van der Waals surface area contributed by atoms with Gasteiger partial charge in [-0.3, -0.25) is 0 Å². The van der Waals surface area contributed by atoms with Gasteiger partial charge in [-0.15, -0.1) is 0 Å². The number of hydrogen-bond acceptors (Lipinski definition) is 1. The van der Waals surface area contributed by atoms with Gasteiger partial charge in [-0.2, -0.15) is 0 Å². The van der Waals surface area contributed by atoms with Crippen LogP contribution in [0.4, 0.5) is 8.78 Å². The van der Waals surface area contributed by atoms with Crippen LogP contribution in [0.3, 0.4) is 0 Å². The molecule has 0 amide bonds. The molecule has 0 saturated carbocycles. The second-order valence-electron chi connectivity index (χ2n) is 2.50. The summed E-state index contributed by atoms with van der Waals surface area (Å²) >= 11 is 11.3. The third-order valence-electron chi connectivity index (χ3n) is 1.61. The zero-order valence-corrected chi connectivity index (χ0v) is 7.99. The summed E-state index contributed by atoms with van der Waals surface area (Å²) in [7, 11) is 0. The summed E-state index contributed by atoms with van der Waals surface area (Å²) in [6, 6.07) is 3.11. The lowest BCUT2D eigenvalue weighted by atomic mass is 10.1. The highest BCUT2D eigenvalue weighted by Crippen LogP contribution is 2.31. The van der Waals surface area contributed by atoms with E-state index < -0.39 is 12.5 Å². The van der Waals surface area contributed by atoms with Gasteiger partial charge in [-0.05, 0) is 11.6 Å². The number of benzene rings is 1. The molecule has 1 atom stereocenters. The van der Waals surface area contributed by atoms with Gasteiger partial charge in [-0.25, -0.2) is 8.78 Å². The van der Waals surface area contributed by atoms with Gasteiger partial charge in [-0.1, -0.05) is 35.3 Å². The van der Waals surface area contributed by atoms with E-state index in [1.807, 2.05) is 0 Å². The zero-order chi connectivity index (χ0) is 10.0. The first kappa shape index (κ1) is 10.7. The van der Waals surface area contributed by atoms with Crippen LogP contribution in [-0.2, 0) is 0 Å². The Morgan fingerprint density at radius 3 is 2.38 bits per heavy atom. The molecular weight excluding hydrogens is 219 g/mol. The highest BCUT2D eigenvalue weighted by atomic mass is 35.5. The molecular formula is C8H7Cl2F2N. The fourth-order valence-electron chi connectivity index (χ4n) is 0.914. The predicted molar refractivity (Wildman–Crippen MR) is 49.4 cm³/mol. The molecule has 1 aromatic carbocycles. The average molecular weight is 226 g/mol. The standard InChI is InChI=1S/C8H7Cl2F2N/c9-5-3-1-2-4(6(5)10)7(13)8(11)12/h1-3,7-8H,13H2/t7-/m0/s1. The average Bonchev–Trinajstić information content (AvgIpc) is 2.08. The van der Waals surface area contributed by atoms with Crippen LogP contribution in [0.15, 0.2) is 18.2 Å². The SMILES string of the molecule is N[C@@H](c1cccc(Cl)c1Cl)C(F)F. The normalized spacial score (nSPS) is 13.4. The predicted octanol–water partition coefficient (Wildman–Crippen LogP) is 3.26. The fraction of sp³-hybridized carbons (Fsp3) is 0.250. The molecule has 0 aromatic heterocycles. The van der Waals surface area contributed by atoms with Gasteiger partial charge in [0.05, 0.1) is 16.1 Å². The van der Waals surface area contributed by atoms with Gasteiger partial charge >= 0.3 is 0 Å². The van der Waals surface area contributed by atoms with Crippen LogP contribution < -0.4 is 5.73 Å². The topological polar surface area (TPSA) is 26.0 Å². The Bertz CT molecular complexity index is 304. The van der Waals surface area contributed by atoms with Crippen molar-refractivity contribution in [1.29, 1.82) is 0 Å². The van der Waals surface area contributed by atoms with E-state index in [-0.39, 0.29) is 15.6 Å². The highest BCUT2D eigenvalue weighted by molar-refractivity contribution is 6.42. The molecule has 0 aliphatic heterocycles. The van der Waals surface area contributed by atoms with Crippen LogP contribution >= 0.6 is 23.2 Å². The van der Waals surface area contributed by atoms with E-state index >= 15 is 0 Å². The number of halogens is 4. The molecule has 0 fully saturated rings. The Morgan fingerprint density at radius 1 is 1.23 bits per heavy atom. The van der Waals surface area contributed by atoms with Gasteiger partial charge in [0, 0.05) is 0 Å². The number of alkyl halides is 2. The molecule has 0 unspecified atom stereocenters. The third kappa shape index (κ3) is 2.30. The lowest BCUT2D eigenvalue weighted by molar-refractivity contribution is 0.116. The van der Waals surface area contributed by atoms with Crippen molar-refractivity contribution >= 4 is 23.2 Å². The Hall–Kier alpha value is -0.380. The second kappa shape index (κ2) is 4.22. The Labute approximate surface area is 84.4 Å². The molecule has 1 aromatic rings. The van der Waals surface area contributed by atoms with E-state index in [0.29, 0.717) is 0 Å². The summed E-state index contributed by atoms with van der Waals surface area (Å²) in [6.45, 7) is 0. The lowest BCUT2D eigenvalue weighted by Gasteiger charge is -2.12. The van der Waals surface area contributed by atoms with Gasteiger partial charge < -0.3 is 5.73 Å². The highest BCUT2D eigenvalue weighted by Gasteiger charge is 2.20. The van der Waals surface area contributed by atoms with Gasteiger partial charge in [0.1, 0.15) is 0 Å². The van der Waals surface area contributed by atoms with Crippen molar-refractivity contribution in [2.45, 2.75) is 12.5 Å². The molecule has 13 heavy (non-hydrogen) atoms. The summed E-state index contributed by atoms with van der Waals surface area (Å²) in [5.74, 6) is 0. The van der Waals surface area contributed by atoms with Crippen LogP contribution in [0.1, 0.15) is 11.6 Å². The monoisotopic (exact) mass is 225 g/mol. The third-order valence-corrected chi connectivity index (χ3v) is 2.45. The molecule has 0 radical (unpaired) electrons. The summed E-state index contributed by atoms with van der Waals surface area (Å²) in [5.41, 5.74) is 5.38. The van der Waals surface area contributed by atoms with E-state index in [0.717, 1.165) is 0 Å². The zero-order valence-electron chi connectivity index (χ0n) is 6.48. The lowest BCUT2D eigenvalue weighted by Crippen LogP contribution is -2.19. The van der Waals surface area contributed by atoms with Crippen molar-refractivity contribution in [2.24, 2.45) is 5.73 Å². The van der Waals surface area contributed by atoms with Crippen LogP contribution in [0.5, 0.6) is 0 Å². The first-order valence-corrected chi connectivity index (χ1v) is 4.27. The number of nitrogens with two attached hydrogens (primary N) is 1. The van der Waals surface area contributed by atoms with E-state index in [4.69, 9.17) is 28.9 Å². The smallest absolute Gasteiger partial charge is 0.257 e. The van der Waals surface area contributed by atoms with E-state index in [1.165, 1.54) is 18.2 Å². The number of rotatable bonds is 2. The molecule has 1 rings (SSSR count). The van der Waals surface area contributed by atoms with Gasteiger partial charge in [0.2, 0.25) is 0 Å². The minimum Gasteiger partial charge on any atom is -0.319 e. The Kier molecular flexibility index (Phi) is 3.47. The molecule has 0 aliphatic rings. The van der Waals surface area contributed by atoms with Gasteiger partial charge in [0.25, 0.3) is 6.43 Å². The molecule has 0 bridgehead atoms.